The van der Waals surface area contributed by atoms with E-state index in [1.54, 1.807) is 6.92 Å². The van der Waals surface area contributed by atoms with E-state index in [2.05, 4.69) is 10.2 Å². The van der Waals surface area contributed by atoms with Crippen molar-refractivity contribution in [2.45, 2.75) is 40.2 Å². The molecule has 0 aliphatic heterocycles. The highest BCUT2D eigenvalue weighted by molar-refractivity contribution is 5.81. The zero-order valence-corrected chi connectivity index (χ0v) is 8.89. The topological polar surface area (TPSA) is 64.3 Å². The smallest absolute Gasteiger partial charge is 0.225 e. The fraction of sp³-hybridized carbons (Fsp3) is 0.889. The fourth-order valence-corrected chi connectivity index (χ4v) is 0.684. The van der Waals surface area contributed by atoms with E-state index in [1.807, 2.05) is 20.8 Å². The molecule has 0 saturated carbocycles. The second kappa shape index (κ2) is 5.19. The Morgan fingerprint density at radius 1 is 1.62 bits per heavy atom. The second-order valence-corrected chi connectivity index (χ2v) is 3.89. The Hall–Kier alpha value is -0.610. The number of carbonyl (C=O) groups is 1. The van der Waals surface area contributed by atoms with Crippen LogP contribution in [0.5, 0.6) is 0 Å². The summed E-state index contributed by atoms with van der Waals surface area (Å²) in [4.78, 5) is 16.0. The van der Waals surface area contributed by atoms with Crippen LogP contribution < -0.4 is 11.2 Å². The molecule has 0 bridgehead atoms. The van der Waals surface area contributed by atoms with Crippen LogP contribution in [0, 0.1) is 5.41 Å². The molecule has 0 radical (unpaired) electrons. The third-order valence-corrected chi connectivity index (χ3v) is 2.28. The van der Waals surface area contributed by atoms with Gasteiger partial charge in [-0.15, -0.1) is 0 Å². The summed E-state index contributed by atoms with van der Waals surface area (Å²) < 4.78 is 0. The molecule has 0 fully saturated rings. The molecule has 13 heavy (non-hydrogen) atoms. The van der Waals surface area contributed by atoms with Crippen LogP contribution in [0.15, 0.2) is 0 Å². The van der Waals surface area contributed by atoms with E-state index in [4.69, 9.17) is 5.90 Å². The molecule has 0 aromatic carbocycles. The van der Waals surface area contributed by atoms with Crippen molar-refractivity contribution in [3.8, 4) is 0 Å². The molecule has 4 heteroatoms. The predicted molar refractivity (Wildman–Crippen MR) is 51.8 cm³/mol. The van der Waals surface area contributed by atoms with E-state index in [1.165, 1.54) is 0 Å². The van der Waals surface area contributed by atoms with Crippen LogP contribution in [0.2, 0.25) is 0 Å². The van der Waals surface area contributed by atoms with Crippen molar-refractivity contribution in [1.29, 1.82) is 0 Å². The largest absolute Gasteiger partial charge is 0.353 e. The summed E-state index contributed by atoms with van der Waals surface area (Å²) in [6.45, 7) is 8.08. The minimum absolute atomic E-state index is 0.0406. The molecule has 0 rings (SSSR count). The maximum absolute atomic E-state index is 11.5. The van der Waals surface area contributed by atoms with Crippen LogP contribution in [0.4, 0.5) is 0 Å². The molecule has 0 spiro atoms. The summed E-state index contributed by atoms with van der Waals surface area (Å²) in [5, 5.41) is 2.78. The summed E-state index contributed by atoms with van der Waals surface area (Å²) in [7, 11) is 0. The zero-order valence-electron chi connectivity index (χ0n) is 8.89. The SMILES string of the molecule is CCC(C)(C)C(=O)NCC(C)ON. The van der Waals surface area contributed by atoms with Crippen LogP contribution in [0.1, 0.15) is 34.1 Å². The number of hydrogen-bond acceptors (Lipinski definition) is 3. The maximum atomic E-state index is 11.5. The summed E-state index contributed by atoms with van der Waals surface area (Å²) in [5.74, 6) is 4.99. The van der Waals surface area contributed by atoms with Crippen molar-refractivity contribution in [1.82, 2.24) is 5.32 Å². The Labute approximate surface area is 79.8 Å². The second-order valence-electron chi connectivity index (χ2n) is 3.89. The number of rotatable bonds is 5. The summed E-state index contributed by atoms with van der Waals surface area (Å²) in [6, 6.07) is 0. The summed E-state index contributed by atoms with van der Waals surface area (Å²) in [5.41, 5.74) is -0.311. The molecule has 0 aromatic heterocycles. The lowest BCUT2D eigenvalue weighted by molar-refractivity contribution is -0.130. The van der Waals surface area contributed by atoms with Crippen LogP contribution in [0.25, 0.3) is 0 Å². The van der Waals surface area contributed by atoms with E-state index >= 15 is 0 Å². The van der Waals surface area contributed by atoms with Crippen molar-refractivity contribution in [2.24, 2.45) is 11.3 Å². The van der Waals surface area contributed by atoms with E-state index in [0.717, 1.165) is 6.42 Å². The Bertz CT molecular complexity index is 169. The molecule has 3 N–H and O–H groups in total. The highest BCUT2D eigenvalue weighted by atomic mass is 16.6. The summed E-state index contributed by atoms with van der Waals surface area (Å²) in [6.07, 6.45) is 0.674. The zero-order chi connectivity index (χ0) is 10.5. The quantitative estimate of drug-likeness (QED) is 0.628. The Kier molecular flexibility index (Phi) is 4.95. The number of hydrogen-bond donors (Lipinski definition) is 2. The Morgan fingerprint density at radius 3 is 2.54 bits per heavy atom. The van der Waals surface area contributed by atoms with Crippen LogP contribution in [-0.4, -0.2) is 18.6 Å². The summed E-state index contributed by atoms with van der Waals surface area (Å²) >= 11 is 0. The highest BCUT2D eigenvalue weighted by Crippen LogP contribution is 2.19. The van der Waals surface area contributed by atoms with Gasteiger partial charge in [-0.25, -0.2) is 5.90 Å². The monoisotopic (exact) mass is 188 g/mol. The Balaban J connectivity index is 3.88. The van der Waals surface area contributed by atoms with E-state index in [-0.39, 0.29) is 17.4 Å². The van der Waals surface area contributed by atoms with Crippen molar-refractivity contribution in [3.63, 3.8) is 0 Å². The first-order chi connectivity index (χ1) is 5.94. The van der Waals surface area contributed by atoms with E-state index in [9.17, 15) is 4.79 Å². The minimum atomic E-state index is -0.311. The minimum Gasteiger partial charge on any atom is -0.353 e. The number of nitrogens with one attached hydrogen (secondary N) is 1. The van der Waals surface area contributed by atoms with Crippen molar-refractivity contribution in [2.75, 3.05) is 6.54 Å². The molecule has 0 aromatic rings. The van der Waals surface area contributed by atoms with Crippen molar-refractivity contribution in [3.05, 3.63) is 0 Å². The van der Waals surface area contributed by atoms with Crippen molar-refractivity contribution >= 4 is 5.91 Å². The number of amides is 1. The van der Waals surface area contributed by atoms with E-state index < -0.39 is 0 Å². The van der Waals surface area contributed by atoms with Gasteiger partial charge in [0.25, 0.3) is 0 Å². The van der Waals surface area contributed by atoms with Crippen LogP contribution >= 0.6 is 0 Å². The van der Waals surface area contributed by atoms with Gasteiger partial charge in [0.05, 0.1) is 6.10 Å². The van der Waals surface area contributed by atoms with Gasteiger partial charge in [0.15, 0.2) is 0 Å². The third-order valence-electron chi connectivity index (χ3n) is 2.28. The van der Waals surface area contributed by atoms with Gasteiger partial charge >= 0.3 is 0 Å². The standard InChI is InChI=1S/C9H20N2O2/c1-5-9(3,4)8(12)11-6-7(2)13-10/h7H,5-6,10H2,1-4H3,(H,11,12). The molecule has 1 amide bonds. The number of nitrogens with two attached hydrogens (primary N) is 1. The molecule has 1 unspecified atom stereocenters. The van der Waals surface area contributed by atoms with Gasteiger partial charge in [0.1, 0.15) is 0 Å². The van der Waals surface area contributed by atoms with Crippen LogP contribution in [-0.2, 0) is 9.63 Å². The molecule has 1 atom stereocenters. The highest BCUT2D eigenvalue weighted by Gasteiger charge is 2.24. The molecule has 4 nitrogen and oxygen atoms in total. The first kappa shape index (κ1) is 12.4. The molecular weight excluding hydrogens is 168 g/mol. The molecule has 0 heterocycles. The van der Waals surface area contributed by atoms with Crippen molar-refractivity contribution < 1.29 is 9.63 Å². The normalized spacial score (nSPS) is 13.9. The van der Waals surface area contributed by atoms with Gasteiger partial charge in [0, 0.05) is 12.0 Å². The molecule has 78 valence electrons. The van der Waals surface area contributed by atoms with Gasteiger partial charge < -0.3 is 5.32 Å². The number of carbonyl (C=O) groups excluding carboxylic acids is 1. The lowest BCUT2D eigenvalue weighted by atomic mass is 9.89. The first-order valence-electron chi connectivity index (χ1n) is 4.58. The lowest BCUT2D eigenvalue weighted by Gasteiger charge is -2.22. The average Bonchev–Trinajstić information content (AvgIpc) is 2.13. The maximum Gasteiger partial charge on any atom is 0.225 e. The van der Waals surface area contributed by atoms with Crippen LogP contribution in [0.3, 0.4) is 0 Å². The molecule has 0 saturated heterocycles. The predicted octanol–water partition coefficient (Wildman–Crippen LogP) is 0.818. The van der Waals surface area contributed by atoms with Gasteiger partial charge in [-0.1, -0.05) is 20.8 Å². The van der Waals surface area contributed by atoms with E-state index in [0.29, 0.717) is 6.54 Å². The average molecular weight is 188 g/mol. The molecule has 0 aliphatic rings. The third kappa shape index (κ3) is 4.24. The van der Waals surface area contributed by atoms with Gasteiger partial charge in [0.2, 0.25) is 5.91 Å². The van der Waals surface area contributed by atoms with Gasteiger partial charge in [-0.2, -0.15) is 0 Å². The fourth-order valence-electron chi connectivity index (χ4n) is 0.684. The molecule has 0 aliphatic carbocycles. The molecular formula is C9H20N2O2. The van der Waals surface area contributed by atoms with Gasteiger partial charge in [-0.3, -0.25) is 9.63 Å². The van der Waals surface area contributed by atoms with Gasteiger partial charge in [-0.05, 0) is 13.3 Å². The Morgan fingerprint density at radius 2 is 2.15 bits per heavy atom. The lowest BCUT2D eigenvalue weighted by Crippen LogP contribution is -2.40. The first-order valence-corrected chi connectivity index (χ1v) is 4.58.